The third kappa shape index (κ3) is 17.0. The number of H-pyrrole nitrogens is 2. The zero-order valence-corrected chi connectivity index (χ0v) is 32.3. The molecule has 2 aliphatic rings. The second kappa shape index (κ2) is 26.7. The van der Waals surface area contributed by atoms with E-state index in [1.54, 1.807) is 40.2 Å². The monoisotopic (exact) mass is 732 g/mol. The fourth-order valence-corrected chi connectivity index (χ4v) is 6.77. The minimum absolute atomic E-state index is 0.00662. The number of rotatable bonds is 6. The van der Waals surface area contributed by atoms with Gasteiger partial charge in [0.1, 0.15) is 6.29 Å². The Kier molecular flexibility index (Phi) is 23.5. The average Bonchev–Trinajstić information content (AvgIpc) is 3.95. The van der Waals surface area contributed by atoms with Gasteiger partial charge in [0.25, 0.3) is 0 Å². The van der Waals surface area contributed by atoms with Crippen LogP contribution in [0.4, 0.5) is 4.79 Å². The number of hydrogen-bond acceptors (Lipinski definition) is 10. The number of carbonyl (C=O) groups is 4. The highest BCUT2D eigenvalue weighted by molar-refractivity contribution is 7.27. The largest absolute Gasteiger partial charge is 0.453 e. The number of methoxy groups -OCH3 is 1. The summed E-state index contributed by atoms with van der Waals surface area (Å²) in [6.07, 6.45) is 14.6. The molecule has 6 heterocycles. The van der Waals surface area contributed by atoms with Gasteiger partial charge in [0.15, 0.2) is 0 Å². The van der Waals surface area contributed by atoms with Crippen molar-refractivity contribution in [3.63, 3.8) is 0 Å². The third-order valence-corrected chi connectivity index (χ3v) is 8.81. The van der Waals surface area contributed by atoms with Crippen molar-refractivity contribution < 1.29 is 23.9 Å². The van der Waals surface area contributed by atoms with Crippen LogP contribution in [-0.4, -0.2) is 107 Å². The van der Waals surface area contributed by atoms with E-state index >= 15 is 0 Å². The molecule has 2 fully saturated rings. The Balaban J connectivity index is 0.000000340. The number of hydrogen-bond donors (Lipinski definition) is 4. The average molecular weight is 733 g/mol. The molecule has 0 spiro atoms. The van der Waals surface area contributed by atoms with E-state index in [2.05, 4.69) is 85.7 Å². The van der Waals surface area contributed by atoms with E-state index in [1.165, 1.54) is 73.3 Å². The van der Waals surface area contributed by atoms with E-state index < -0.39 is 6.09 Å². The lowest BCUT2D eigenvalue weighted by molar-refractivity contribution is -0.131. The Morgan fingerprint density at radius 1 is 0.840 bits per heavy atom. The maximum atomic E-state index is 11.3. The lowest BCUT2D eigenvalue weighted by Crippen LogP contribution is -2.37. The van der Waals surface area contributed by atoms with Crippen molar-refractivity contribution in [2.45, 2.75) is 73.1 Å². The SMILES string of the molecule is CC(=O)NCC(=O)N1CCCC1.CCC.CCC.CN1CCCC1.COC(=O)NCC=O.c1ncc(-c2csc3c(-c4cnc[nH]4)csc23)[nH]1. The Bertz CT molecular complexity index is 1390. The van der Waals surface area contributed by atoms with Gasteiger partial charge in [-0.3, -0.25) is 9.59 Å². The first-order valence-electron chi connectivity index (χ1n) is 17.1. The number of ether oxygens (including phenoxy) is 1. The molecule has 3 amide bonds. The summed E-state index contributed by atoms with van der Waals surface area (Å²) in [7, 11) is 3.41. The van der Waals surface area contributed by atoms with E-state index in [4.69, 9.17) is 0 Å². The van der Waals surface area contributed by atoms with E-state index in [0.29, 0.717) is 6.29 Å². The van der Waals surface area contributed by atoms with Gasteiger partial charge < -0.3 is 39.9 Å². The number of nitrogens with zero attached hydrogens (tertiary/aromatic N) is 4. The molecule has 0 bridgehead atoms. The van der Waals surface area contributed by atoms with Gasteiger partial charge in [0, 0.05) is 41.9 Å². The van der Waals surface area contributed by atoms with Gasteiger partial charge in [-0.2, -0.15) is 0 Å². The molecule has 13 nitrogen and oxygen atoms in total. The number of aromatic nitrogens is 4. The summed E-state index contributed by atoms with van der Waals surface area (Å²) in [4.78, 5) is 60.0. The van der Waals surface area contributed by atoms with Crippen LogP contribution in [0.25, 0.3) is 31.9 Å². The predicted octanol–water partition coefficient (Wildman–Crippen LogP) is 6.57. The maximum Gasteiger partial charge on any atom is 0.407 e. The highest BCUT2D eigenvalue weighted by Crippen LogP contribution is 2.42. The lowest BCUT2D eigenvalue weighted by Gasteiger charge is -2.14. The molecule has 2 saturated heterocycles. The van der Waals surface area contributed by atoms with Crippen molar-refractivity contribution in [3.05, 3.63) is 35.8 Å². The molecule has 0 unspecified atom stereocenters. The van der Waals surface area contributed by atoms with Gasteiger partial charge in [-0.1, -0.05) is 40.5 Å². The Morgan fingerprint density at radius 2 is 1.30 bits per heavy atom. The van der Waals surface area contributed by atoms with Crippen LogP contribution in [0.5, 0.6) is 0 Å². The van der Waals surface area contributed by atoms with E-state index in [9.17, 15) is 19.2 Å². The number of alkyl carbamates (subject to hydrolysis) is 1. The topological polar surface area (TPSA) is 165 Å². The maximum absolute atomic E-state index is 11.3. The van der Waals surface area contributed by atoms with E-state index in [0.717, 1.165) is 37.3 Å². The smallest absolute Gasteiger partial charge is 0.407 e. The number of aromatic amines is 2. The third-order valence-electron chi connectivity index (χ3n) is 6.65. The standard InChI is InChI=1S/C12H8N4S2.C8H14N2O2.C5H11N.C4H7NO3.2C3H8/c1-9(15-5-13-1)7-3-17-12-8(4-18-11(7)12)10-2-14-6-16-10;1-7(11)9-6-8(12)10-4-2-3-5-10;1-6-4-2-3-5-6;1-8-4(7)5-2-3-6;2*1-3-2/h1-6H,(H,13,15)(H,14,16);2-6H2,1H3,(H,9,11);2-5H2,1H3;3H,2H2,1H3,(H,5,7);2*3H2,1-2H3. The number of thiophene rings is 2. The number of nitrogens with one attached hydrogen (secondary N) is 4. The fraction of sp³-hybridized carbons (Fsp3) is 0.543. The Morgan fingerprint density at radius 3 is 1.64 bits per heavy atom. The summed E-state index contributed by atoms with van der Waals surface area (Å²) in [5.41, 5.74) is 4.59. The second-order valence-electron chi connectivity index (χ2n) is 11.3. The van der Waals surface area contributed by atoms with E-state index in [1.807, 2.05) is 12.4 Å². The molecule has 0 radical (unpaired) electrons. The zero-order valence-electron chi connectivity index (χ0n) is 30.7. The molecular weight excluding hydrogens is 677 g/mol. The van der Waals surface area contributed by atoms with Gasteiger partial charge >= 0.3 is 6.09 Å². The number of aldehydes is 1. The van der Waals surface area contributed by atoms with E-state index in [-0.39, 0.29) is 24.9 Å². The molecule has 278 valence electrons. The van der Waals surface area contributed by atoms with Gasteiger partial charge in [0.2, 0.25) is 11.8 Å². The summed E-state index contributed by atoms with van der Waals surface area (Å²) in [5, 5.41) is 9.00. The van der Waals surface area contributed by atoms with Crippen LogP contribution in [0.15, 0.2) is 35.8 Å². The molecule has 50 heavy (non-hydrogen) atoms. The minimum Gasteiger partial charge on any atom is -0.453 e. The molecule has 2 aliphatic heterocycles. The fourth-order valence-electron chi connectivity index (χ4n) is 4.35. The van der Waals surface area contributed by atoms with Crippen molar-refractivity contribution in [2.24, 2.45) is 0 Å². The summed E-state index contributed by atoms with van der Waals surface area (Å²) in [6, 6.07) is 0. The molecule has 15 heteroatoms. The van der Waals surface area contributed by atoms with Gasteiger partial charge in [0.05, 0.1) is 66.0 Å². The number of likely N-dealkylation sites (tertiary alicyclic amines) is 2. The number of carbonyl (C=O) groups excluding carboxylic acids is 4. The predicted molar refractivity (Wildman–Crippen MR) is 204 cm³/mol. The van der Waals surface area contributed by atoms with Crippen LogP contribution in [0.3, 0.4) is 0 Å². The molecule has 4 N–H and O–H groups in total. The minimum atomic E-state index is -0.586. The molecule has 4 aromatic heterocycles. The van der Waals surface area contributed by atoms with Gasteiger partial charge in [-0.15, -0.1) is 22.7 Å². The van der Waals surface area contributed by atoms with Crippen molar-refractivity contribution in [1.82, 2.24) is 40.4 Å². The quantitative estimate of drug-likeness (QED) is 0.162. The first-order valence-corrected chi connectivity index (χ1v) is 18.8. The Hall–Kier alpha value is -4.08. The van der Waals surface area contributed by atoms with Gasteiger partial charge in [-0.25, -0.2) is 14.8 Å². The molecule has 0 aliphatic carbocycles. The van der Waals surface area contributed by atoms with Crippen LogP contribution < -0.4 is 10.6 Å². The number of fused-ring (bicyclic) bond motifs is 1. The summed E-state index contributed by atoms with van der Waals surface area (Å²) >= 11 is 3.52. The first kappa shape index (κ1) is 43.9. The molecule has 6 rings (SSSR count). The lowest BCUT2D eigenvalue weighted by atomic mass is 10.2. The summed E-state index contributed by atoms with van der Waals surface area (Å²) < 4.78 is 6.74. The van der Waals surface area contributed by atoms with Crippen molar-refractivity contribution in [1.29, 1.82) is 0 Å². The second-order valence-corrected chi connectivity index (χ2v) is 13.1. The highest BCUT2D eigenvalue weighted by atomic mass is 32.1. The zero-order chi connectivity index (χ0) is 37.1. The number of imidazole rings is 2. The summed E-state index contributed by atoms with van der Waals surface area (Å²) in [6.45, 7) is 14.4. The van der Waals surface area contributed by atoms with Crippen molar-refractivity contribution in [2.75, 3.05) is 53.4 Å². The van der Waals surface area contributed by atoms with Gasteiger partial charge in [-0.05, 0) is 45.8 Å². The molecule has 0 atom stereocenters. The highest BCUT2D eigenvalue weighted by Gasteiger charge is 2.17. The first-order chi connectivity index (χ1) is 24.2. The van der Waals surface area contributed by atoms with Crippen molar-refractivity contribution in [3.8, 4) is 22.5 Å². The Labute approximate surface area is 304 Å². The molecule has 4 aromatic rings. The van der Waals surface area contributed by atoms with Crippen LogP contribution in [0.2, 0.25) is 0 Å². The van der Waals surface area contributed by atoms with Crippen LogP contribution in [-0.2, 0) is 19.1 Å². The van der Waals surface area contributed by atoms with Crippen LogP contribution in [0.1, 0.15) is 73.1 Å². The van der Waals surface area contributed by atoms with Crippen LogP contribution in [0, 0.1) is 0 Å². The van der Waals surface area contributed by atoms with Crippen LogP contribution >= 0.6 is 22.7 Å². The normalized spacial score (nSPS) is 13.0. The molecule has 0 aromatic carbocycles. The molecular formula is C35H56N8O5S2. The molecule has 0 saturated carbocycles. The summed E-state index contributed by atoms with van der Waals surface area (Å²) in [5.74, 6) is -0.120. The van der Waals surface area contributed by atoms with Crippen molar-refractivity contribution >= 4 is 56.3 Å². The number of amides is 3.